The van der Waals surface area contributed by atoms with E-state index in [4.69, 9.17) is 26.4 Å². The van der Waals surface area contributed by atoms with Gasteiger partial charge in [-0.1, -0.05) is 54.3 Å². The summed E-state index contributed by atoms with van der Waals surface area (Å²) in [5, 5.41) is 0. The topological polar surface area (TPSA) is 48.0 Å². The van der Waals surface area contributed by atoms with Crippen LogP contribution in [0.5, 0.6) is 17.2 Å². The number of carbonyl (C=O) groups is 1. The molecule has 1 aliphatic heterocycles. The van der Waals surface area contributed by atoms with Gasteiger partial charge in [0.2, 0.25) is 0 Å². The lowest BCUT2D eigenvalue weighted by Gasteiger charge is -2.14. The first-order valence-electron chi connectivity index (χ1n) is 11.0. The molecule has 0 saturated carbocycles. The Labute approximate surface area is 213 Å². The van der Waals surface area contributed by atoms with Crippen molar-refractivity contribution in [1.29, 1.82) is 0 Å². The summed E-state index contributed by atoms with van der Waals surface area (Å²) in [5.41, 5.74) is 2.47. The normalized spacial score (nSPS) is 14.5. The Morgan fingerprint density at radius 1 is 1.00 bits per heavy atom. The minimum Gasteiger partial charge on any atom is -0.497 e. The molecule has 1 saturated heterocycles. The summed E-state index contributed by atoms with van der Waals surface area (Å²) in [5.74, 6) is 1.40. The van der Waals surface area contributed by atoms with Crippen LogP contribution in [0.3, 0.4) is 0 Å². The summed E-state index contributed by atoms with van der Waals surface area (Å²) >= 11 is 6.74. The lowest BCUT2D eigenvalue weighted by atomic mass is 10.1. The van der Waals surface area contributed by atoms with Crippen molar-refractivity contribution in [2.24, 2.45) is 0 Å². The highest BCUT2D eigenvalue weighted by molar-refractivity contribution is 8.26. The molecule has 1 heterocycles. The lowest BCUT2D eigenvalue weighted by Crippen LogP contribution is -2.27. The SMILES string of the molecule is CCOc1cc(C=C2SC(=S)N(Cc3ccc(OC)cc3)C2=O)ccc1OCc1cccc(F)c1. The largest absolute Gasteiger partial charge is 0.497 e. The average molecular weight is 510 g/mol. The van der Waals surface area contributed by atoms with E-state index < -0.39 is 0 Å². The molecule has 0 bridgehead atoms. The molecule has 0 aromatic heterocycles. The molecule has 3 aromatic carbocycles. The smallest absolute Gasteiger partial charge is 0.266 e. The van der Waals surface area contributed by atoms with Crippen molar-refractivity contribution in [3.05, 3.63) is 94.1 Å². The van der Waals surface area contributed by atoms with Gasteiger partial charge in [-0.3, -0.25) is 9.69 Å². The van der Waals surface area contributed by atoms with E-state index in [1.807, 2.05) is 43.3 Å². The third-order valence-corrected chi connectivity index (χ3v) is 6.60. The van der Waals surface area contributed by atoms with Crippen molar-refractivity contribution in [1.82, 2.24) is 4.90 Å². The van der Waals surface area contributed by atoms with Crippen molar-refractivity contribution in [2.45, 2.75) is 20.1 Å². The van der Waals surface area contributed by atoms with Crippen molar-refractivity contribution in [3.63, 3.8) is 0 Å². The molecule has 5 nitrogen and oxygen atoms in total. The van der Waals surface area contributed by atoms with E-state index in [9.17, 15) is 9.18 Å². The second-order valence-electron chi connectivity index (χ2n) is 7.67. The molecule has 1 aliphatic rings. The Bertz CT molecular complexity index is 1260. The van der Waals surface area contributed by atoms with E-state index in [-0.39, 0.29) is 18.3 Å². The van der Waals surface area contributed by atoms with E-state index >= 15 is 0 Å². The van der Waals surface area contributed by atoms with Crippen LogP contribution in [-0.2, 0) is 17.9 Å². The van der Waals surface area contributed by atoms with Gasteiger partial charge in [0.25, 0.3) is 5.91 Å². The summed E-state index contributed by atoms with van der Waals surface area (Å²) in [7, 11) is 1.61. The van der Waals surface area contributed by atoms with Crippen LogP contribution in [0.4, 0.5) is 4.39 Å². The van der Waals surface area contributed by atoms with Crippen LogP contribution in [0.2, 0.25) is 0 Å². The Morgan fingerprint density at radius 2 is 1.80 bits per heavy atom. The molecule has 0 N–H and O–H groups in total. The van der Waals surface area contributed by atoms with Gasteiger partial charge in [-0.15, -0.1) is 0 Å². The number of carbonyl (C=O) groups excluding carboxylic acids is 1. The Balaban J connectivity index is 1.49. The zero-order valence-electron chi connectivity index (χ0n) is 19.3. The molecule has 0 unspecified atom stereocenters. The number of ether oxygens (including phenoxy) is 3. The van der Waals surface area contributed by atoms with Crippen LogP contribution in [0.15, 0.2) is 71.6 Å². The molecule has 8 heteroatoms. The predicted molar refractivity (Wildman–Crippen MR) is 140 cm³/mol. The van der Waals surface area contributed by atoms with Crippen LogP contribution in [0, 0.1) is 5.82 Å². The highest BCUT2D eigenvalue weighted by Crippen LogP contribution is 2.36. The van der Waals surface area contributed by atoms with Crippen LogP contribution in [-0.4, -0.2) is 28.8 Å². The minimum atomic E-state index is -0.309. The van der Waals surface area contributed by atoms with E-state index in [2.05, 4.69) is 0 Å². The van der Waals surface area contributed by atoms with E-state index in [0.717, 1.165) is 22.4 Å². The number of amides is 1. The van der Waals surface area contributed by atoms with Gasteiger partial charge >= 0.3 is 0 Å². The molecular formula is C27H24FNO4S2. The minimum absolute atomic E-state index is 0.139. The number of rotatable bonds is 9. The molecule has 35 heavy (non-hydrogen) atoms. The van der Waals surface area contributed by atoms with Gasteiger partial charge in [0, 0.05) is 0 Å². The third kappa shape index (κ3) is 6.21. The average Bonchev–Trinajstić information content (AvgIpc) is 3.11. The maximum Gasteiger partial charge on any atom is 0.266 e. The van der Waals surface area contributed by atoms with Crippen molar-refractivity contribution >= 4 is 40.3 Å². The quantitative estimate of drug-likeness (QED) is 0.252. The first kappa shape index (κ1) is 24.8. The fourth-order valence-corrected chi connectivity index (χ4v) is 4.75. The third-order valence-electron chi connectivity index (χ3n) is 5.22. The highest BCUT2D eigenvalue weighted by Gasteiger charge is 2.32. The molecule has 3 aromatic rings. The van der Waals surface area contributed by atoms with Crippen LogP contribution < -0.4 is 14.2 Å². The van der Waals surface area contributed by atoms with Gasteiger partial charge in [0.05, 0.1) is 25.2 Å². The second kappa shape index (κ2) is 11.4. The molecule has 4 rings (SSSR count). The Morgan fingerprint density at radius 3 is 2.51 bits per heavy atom. The Kier molecular flexibility index (Phi) is 8.05. The van der Waals surface area contributed by atoms with E-state index in [1.165, 1.54) is 23.9 Å². The van der Waals surface area contributed by atoms with Gasteiger partial charge in [0.15, 0.2) is 11.5 Å². The van der Waals surface area contributed by atoms with Gasteiger partial charge in [-0.25, -0.2) is 4.39 Å². The molecule has 1 fully saturated rings. The number of thiocarbonyl (C=S) groups is 1. The number of methoxy groups -OCH3 is 1. The zero-order valence-corrected chi connectivity index (χ0v) is 21.0. The van der Waals surface area contributed by atoms with Crippen LogP contribution in [0.25, 0.3) is 6.08 Å². The standard InChI is InChI=1S/C27H24FNO4S2/c1-3-32-24-14-19(9-12-23(24)33-17-20-5-4-6-21(28)13-20)15-25-26(30)29(27(34)35-25)16-18-7-10-22(31-2)11-8-18/h4-15H,3,16-17H2,1-2H3. The molecule has 0 atom stereocenters. The van der Waals surface area contributed by atoms with Crippen LogP contribution >= 0.6 is 24.0 Å². The summed E-state index contributed by atoms with van der Waals surface area (Å²) in [6.45, 7) is 2.93. The molecular weight excluding hydrogens is 485 g/mol. The number of hydrogen-bond donors (Lipinski definition) is 0. The number of thioether (sulfide) groups is 1. The zero-order chi connectivity index (χ0) is 24.8. The lowest BCUT2D eigenvalue weighted by molar-refractivity contribution is -0.122. The summed E-state index contributed by atoms with van der Waals surface area (Å²) in [4.78, 5) is 15.2. The Hall–Kier alpha value is -3.36. The number of benzene rings is 3. The number of hydrogen-bond acceptors (Lipinski definition) is 6. The molecule has 1 amide bonds. The maximum atomic E-state index is 13.4. The second-order valence-corrected chi connectivity index (χ2v) is 9.35. The van der Waals surface area contributed by atoms with Crippen molar-refractivity contribution in [3.8, 4) is 17.2 Å². The van der Waals surface area contributed by atoms with Gasteiger partial charge in [-0.2, -0.15) is 0 Å². The number of halogens is 1. The van der Waals surface area contributed by atoms with Gasteiger partial charge in [0.1, 0.15) is 22.5 Å². The first-order chi connectivity index (χ1) is 17.0. The van der Waals surface area contributed by atoms with Crippen molar-refractivity contribution in [2.75, 3.05) is 13.7 Å². The van der Waals surface area contributed by atoms with Crippen molar-refractivity contribution < 1.29 is 23.4 Å². The molecule has 0 spiro atoms. The van der Waals surface area contributed by atoms with Crippen LogP contribution in [0.1, 0.15) is 23.6 Å². The number of nitrogens with zero attached hydrogens (tertiary/aromatic N) is 1. The first-order valence-corrected chi connectivity index (χ1v) is 12.2. The highest BCUT2D eigenvalue weighted by atomic mass is 32.2. The molecule has 0 radical (unpaired) electrons. The monoisotopic (exact) mass is 509 g/mol. The van der Waals surface area contributed by atoms with Gasteiger partial charge in [-0.05, 0) is 66.1 Å². The summed E-state index contributed by atoms with van der Waals surface area (Å²) in [6, 6.07) is 19.3. The van der Waals surface area contributed by atoms with E-state index in [1.54, 1.807) is 36.3 Å². The molecule has 180 valence electrons. The van der Waals surface area contributed by atoms with E-state index in [0.29, 0.717) is 33.9 Å². The fraction of sp³-hybridized carbons (Fsp3) is 0.185. The summed E-state index contributed by atoms with van der Waals surface area (Å²) < 4.78 is 30.8. The fourth-order valence-electron chi connectivity index (χ4n) is 3.49. The predicted octanol–water partition coefficient (Wildman–Crippen LogP) is 6.21. The molecule has 0 aliphatic carbocycles. The summed E-state index contributed by atoms with van der Waals surface area (Å²) in [6.07, 6.45) is 1.80. The maximum absolute atomic E-state index is 13.4. The van der Waals surface area contributed by atoms with Gasteiger partial charge < -0.3 is 14.2 Å².